The number of aryl methyl sites for hydroxylation is 1. The first-order chi connectivity index (χ1) is 9.09. The van der Waals surface area contributed by atoms with E-state index in [9.17, 15) is 0 Å². The topological polar surface area (TPSA) is 21.3 Å². The lowest BCUT2D eigenvalue weighted by Gasteiger charge is -2.23. The number of piperidine rings is 1. The molecule has 4 heteroatoms. The Hall–Kier alpha value is -0.440. The summed E-state index contributed by atoms with van der Waals surface area (Å²) < 4.78 is 5.83. The first kappa shape index (κ1) is 15.0. The van der Waals surface area contributed by atoms with Crippen LogP contribution < -0.4 is 10.1 Å². The zero-order valence-corrected chi connectivity index (χ0v) is 13.1. The van der Waals surface area contributed by atoms with Gasteiger partial charge in [0.1, 0.15) is 5.75 Å². The van der Waals surface area contributed by atoms with Crippen LogP contribution in [-0.4, -0.2) is 19.2 Å². The minimum atomic E-state index is 0.585. The molecule has 1 fully saturated rings. The Morgan fingerprint density at radius 1 is 1.26 bits per heavy atom. The number of benzene rings is 1. The van der Waals surface area contributed by atoms with E-state index >= 15 is 0 Å². The highest BCUT2D eigenvalue weighted by Gasteiger charge is 2.14. The summed E-state index contributed by atoms with van der Waals surface area (Å²) in [6, 6.07) is 2.51. The van der Waals surface area contributed by atoms with Gasteiger partial charge in [0.15, 0.2) is 0 Å². The molecule has 0 radical (unpaired) electrons. The molecule has 1 atom stereocenters. The van der Waals surface area contributed by atoms with Crippen LogP contribution in [0.4, 0.5) is 0 Å². The van der Waals surface area contributed by atoms with Gasteiger partial charge in [-0.2, -0.15) is 0 Å². The van der Waals surface area contributed by atoms with Crippen molar-refractivity contribution in [3.63, 3.8) is 0 Å². The highest BCUT2D eigenvalue weighted by molar-refractivity contribution is 6.37. The maximum atomic E-state index is 6.27. The Kier molecular flexibility index (Phi) is 5.37. The smallest absolute Gasteiger partial charge is 0.138 e. The Morgan fingerprint density at radius 3 is 2.74 bits per heavy atom. The number of rotatable bonds is 4. The van der Waals surface area contributed by atoms with Gasteiger partial charge in [-0.3, -0.25) is 0 Å². The van der Waals surface area contributed by atoms with Gasteiger partial charge in [0.05, 0.1) is 11.6 Å². The second-order valence-electron chi connectivity index (χ2n) is 5.23. The maximum absolute atomic E-state index is 6.27. The molecule has 1 heterocycles. The van der Waals surface area contributed by atoms with Gasteiger partial charge in [0.2, 0.25) is 0 Å². The minimum absolute atomic E-state index is 0.585. The van der Waals surface area contributed by atoms with E-state index in [1.54, 1.807) is 0 Å². The second-order valence-corrected chi connectivity index (χ2v) is 5.98. The van der Waals surface area contributed by atoms with E-state index in [2.05, 4.69) is 5.32 Å². The summed E-state index contributed by atoms with van der Waals surface area (Å²) in [5, 5.41) is 4.88. The number of ether oxygens (including phenoxy) is 1. The molecule has 106 valence electrons. The quantitative estimate of drug-likeness (QED) is 0.883. The molecule has 2 rings (SSSR count). The number of hydrogen-bond donors (Lipinski definition) is 1. The van der Waals surface area contributed by atoms with Crippen LogP contribution in [0.1, 0.15) is 36.8 Å². The van der Waals surface area contributed by atoms with E-state index in [1.165, 1.54) is 19.3 Å². The molecule has 0 saturated carbocycles. The van der Waals surface area contributed by atoms with Gasteiger partial charge in [0, 0.05) is 11.1 Å². The van der Waals surface area contributed by atoms with Crippen LogP contribution in [0.15, 0.2) is 6.07 Å². The summed E-state index contributed by atoms with van der Waals surface area (Å²) in [5.74, 6) is 0.747. The molecule has 2 nitrogen and oxygen atoms in total. The summed E-state index contributed by atoms with van der Waals surface area (Å²) in [7, 11) is 0. The fourth-order valence-electron chi connectivity index (χ4n) is 2.49. The lowest BCUT2D eigenvalue weighted by molar-refractivity contribution is 0.268. The van der Waals surface area contributed by atoms with Crippen LogP contribution in [0.3, 0.4) is 0 Å². The van der Waals surface area contributed by atoms with Crippen molar-refractivity contribution in [3.8, 4) is 5.75 Å². The average Bonchev–Trinajstić information content (AvgIpc) is 2.43. The van der Waals surface area contributed by atoms with Gasteiger partial charge in [-0.15, -0.1) is 0 Å². The van der Waals surface area contributed by atoms with Crippen molar-refractivity contribution in [1.82, 2.24) is 5.32 Å². The van der Waals surface area contributed by atoms with Gasteiger partial charge in [-0.1, -0.05) is 29.6 Å². The first-order valence-electron chi connectivity index (χ1n) is 6.91. The Balaban J connectivity index is 1.92. The third kappa shape index (κ3) is 3.77. The van der Waals surface area contributed by atoms with Gasteiger partial charge >= 0.3 is 0 Å². The molecule has 1 N–H and O–H groups in total. The monoisotopic (exact) mass is 301 g/mol. The molecular formula is C15H21Cl2NO. The van der Waals surface area contributed by atoms with Gasteiger partial charge in [-0.05, 0) is 56.8 Å². The third-order valence-electron chi connectivity index (χ3n) is 3.70. The molecule has 1 unspecified atom stereocenters. The van der Waals surface area contributed by atoms with Crippen molar-refractivity contribution >= 4 is 23.2 Å². The number of halogens is 2. The lowest BCUT2D eigenvalue weighted by atomic mass is 10.0. The average molecular weight is 302 g/mol. The molecule has 1 aromatic carbocycles. The lowest BCUT2D eigenvalue weighted by Crippen LogP contribution is -2.35. The summed E-state index contributed by atoms with van der Waals surface area (Å²) in [4.78, 5) is 0. The molecule has 0 spiro atoms. The summed E-state index contributed by atoms with van der Waals surface area (Å²) in [6.45, 7) is 5.72. The molecule has 1 saturated heterocycles. The second kappa shape index (κ2) is 6.83. The van der Waals surface area contributed by atoms with Crippen molar-refractivity contribution in [3.05, 3.63) is 27.2 Å². The fraction of sp³-hybridized carbons (Fsp3) is 0.600. The molecule has 0 aliphatic carbocycles. The van der Waals surface area contributed by atoms with Crippen molar-refractivity contribution in [2.75, 3.05) is 13.2 Å². The molecule has 0 aromatic heterocycles. The summed E-state index contributed by atoms with van der Waals surface area (Å²) >= 11 is 12.4. The Labute approximate surface area is 125 Å². The molecule has 0 amide bonds. The zero-order valence-electron chi connectivity index (χ0n) is 11.6. The normalized spacial score (nSPS) is 19.5. The van der Waals surface area contributed by atoms with Crippen LogP contribution >= 0.6 is 23.2 Å². The van der Waals surface area contributed by atoms with E-state index in [4.69, 9.17) is 27.9 Å². The van der Waals surface area contributed by atoms with Crippen LogP contribution in [-0.2, 0) is 0 Å². The molecule has 0 bridgehead atoms. The van der Waals surface area contributed by atoms with Gasteiger partial charge < -0.3 is 10.1 Å². The minimum Gasteiger partial charge on any atom is -0.492 e. The summed E-state index contributed by atoms with van der Waals surface area (Å²) in [5.41, 5.74) is 1.91. The predicted molar refractivity (Wildman–Crippen MR) is 81.7 cm³/mol. The SMILES string of the molecule is Cc1cc(OCCC2CCCCN2)c(Cl)c(C)c1Cl. The van der Waals surface area contributed by atoms with Crippen molar-refractivity contribution in [2.24, 2.45) is 0 Å². The predicted octanol–water partition coefficient (Wildman–Crippen LogP) is 4.52. The van der Waals surface area contributed by atoms with E-state index in [0.717, 1.165) is 34.9 Å². The number of hydrogen-bond acceptors (Lipinski definition) is 2. The standard InChI is InChI=1S/C15H21Cl2NO/c1-10-9-13(15(17)11(2)14(10)16)19-8-6-12-5-3-4-7-18-12/h9,12,18H,3-8H2,1-2H3. The maximum Gasteiger partial charge on any atom is 0.138 e. The molecule has 1 aromatic rings. The van der Waals surface area contributed by atoms with Crippen LogP contribution in [0.5, 0.6) is 5.75 Å². The molecule has 1 aliphatic rings. The van der Waals surface area contributed by atoms with E-state index in [1.807, 2.05) is 19.9 Å². The van der Waals surface area contributed by atoms with Crippen molar-refractivity contribution < 1.29 is 4.74 Å². The molecule has 1 aliphatic heterocycles. The van der Waals surface area contributed by atoms with Gasteiger partial charge in [-0.25, -0.2) is 0 Å². The van der Waals surface area contributed by atoms with Crippen molar-refractivity contribution in [1.29, 1.82) is 0 Å². The zero-order chi connectivity index (χ0) is 13.8. The highest BCUT2D eigenvalue weighted by Crippen LogP contribution is 2.35. The third-order valence-corrected chi connectivity index (χ3v) is 4.76. The van der Waals surface area contributed by atoms with E-state index in [0.29, 0.717) is 17.7 Å². The first-order valence-corrected chi connectivity index (χ1v) is 7.66. The van der Waals surface area contributed by atoms with Crippen LogP contribution in [0, 0.1) is 13.8 Å². The van der Waals surface area contributed by atoms with Gasteiger partial charge in [0.25, 0.3) is 0 Å². The van der Waals surface area contributed by atoms with Crippen molar-refractivity contribution in [2.45, 2.75) is 45.6 Å². The van der Waals surface area contributed by atoms with Crippen LogP contribution in [0.25, 0.3) is 0 Å². The molecule has 19 heavy (non-hydrogen) atoms. The Morgan fingerprint density at radius 2 is 2.05 bits per heavy atom. The molecular weight excluding hydrogens is 281 g/mol. The highest BCUT2D eigenvalue weighted by atomic mass is 35.5. The van der Waals surface area contributed by atoms with E-state index < -0.39 is 0 Å². The summed E-state index contributed by atoms with van der Waals surface area (Å²) in [6.07, 6.45) is 4.88. The number of nitrogens with one attached hydrogen (secondary N) is 1. The fourth-order valence-corrected chi connectivity index (χ4v) is 2.89. The Bertz CT molecular complexity index is 442. The van der Waals surface area contributed by atoms with E-state index in [-0.39, 0.29) is 0 Å². The largest absolute Gasteiger partial charge is 0.492 e. The van der Waals surface area contributed by atoms with Crippen LogP contribution in [0.2, 0.25) is 10.0 Å².